The first-order valence-electron chi connectivity index (χ1n) is 7.22. The highest BCUT2D eigenvalue weighted by Gasteiger charge is 2.38. The molecule has 1 heterocycles. The van der Waals surface area contributed by atoms with Gasteiger partial charge in [-0.2, -0.15) is 0 Å². The minimum Gasteiger partial charge on any atom is -0.465 e. The van der Waals surface area contributed by atoms with Gasteiger partial charge in [-0.3, -0.25) is 14.4 Å². The van der Waals surface area contributed by atoms with Crippen LogP contribution < -0.4 is 5.32 Å². The normalized spacial score (nSPS) is 19.8. The Morgan fingerprint density at radius 1 is 1.15 bits per heavy atom. The number of nitrogens with one attached hydrogen (secondary N) is 1. The van der Waals surface area contributed by atoms with E-state index in [2.05, 4.69) is 5.32 Å². The van der Waals surface area contributed by atoms with Crippen LogP contribution in [0.2, 0.25) is 0 Å². The lowest BCUT2D eigenvalue weighted by molar-refractivity contribution is -0.163. The van der Waals surface area contributed by atoms with Crippen molar-refractivity contribution >= 4 is 17.8 Å². The molecule has 1 amide bonds. The number of ether oxygens (including phenoxy) is 2. The Kier molecular flexibility index (Phi) is 7.04. The van der Waals surface area contributed by atoms with Crippen molar-refractivity contribution < 1.29 is 23.9 Å². The fraction of sp³-hybridized carbons (Fsp3) is 0.786. The van der Waals surface area contributed by atoms with Crippen LogP contribution in [-0.4, -0.2) is 37.1 Å². The predicted octanol–water partition coefficient (Wildman–Crippen LogP) is 1.18. The van der Waals surface area contributed by atoms with E-state index in [0.717, 1.165) is 19.3 Å². The molecule has 20 heavy (non-hydrogen) atoms. The molecule has 1 aliphatic heterocycles. The molecule has 1 atom stereocenters. The molecule has 1 unspecified atom stereocenters. The molecule has 0 bridgehead atoms. The minimum absolute atomic E-state index is 0.131. The van der Waals surface area contributed by atoms with E-state index in [4.69, 9.17) is 9.47 Å². The van der Waals surface area contributed by atoms with E-state index in [9.17, 15) is 14.4 Å². The molecular weight excluding hydrogens is 262 g/mol. The second-order valence-electron chi connectivity index (χ2n) is 4.76. The van der Waals surface area contributed by atoms with Gasteiger partial charge in [0.05, 0.1) is 19.3 Å². The van der Waals surface area contributed by atoms with Gasteiger partial charge >= 0.3 is 11.9 Å². The fourth-order valence-electron chi connectivity index (χ4n) is 2.32. The van der Waals surface area contributed by atoms with Gasteiger partial charge in [0, 0.05) is 6.42 Å². The Bertz CT molecular complexity index is 337. The maximum Gasteiger partial charge on any atom is 0.322 e. The van der Waals surface area contributed by atoms with Gasteiger partial charge in [-0.05, 0) is 26.7 Å². The quantitative estimate of drug-likeness (QED) is 0.606. The van der Waals surface area contributed by atoms with Crippen LogP contribution in [0.1, 0.15) is 46.0 Å². The summed E-state index contributed by atoms with van der Waals surface area (Å²) >= 11 is 0. The Balaban J connectivity index is 2.85. The molecule has 6 heteroatoms. The van der Waals surface area contributed by atoms with E-state index in [0.29, 0.717) is 12.8 Å². The second-order valence-corrected chi connectivity index (χ2v) is 4.76. The lowest BCUT2D eigenvalue weighted by atomic mass is 9.92. The van der Waals surface area contributed by atoms with Crippen LogP contribution in [0.15, 0.2) is 0 Å². The average Bonchev–Trinajstić information content (AvgIpc) is 2.36. The highest BCUT2D eigenvalue weighted by Crippen LogP contribution is 2.19. The molecule has 6 nitrogen and oxygen atoms in total. The molecule has 1 N–H and O–H groups in total. The van der Waals surface area contributed by atoms with Crippen molar-refractivity contribution in [2.45, 2.75) is 52.0 Å². The van der Waals surface area contributed by atoms with Crippen molar-refractivity contribution in [3.8, 4) is 0 Å². The van der Waals surface area contributed by atoms with Crippen LogP contribution in [0.3, 0.4) is 0 Å². The largest absolute Gasteiger partial charge is 0.465 e. The molecule has 1 aliphatic rings. The van der Waals surface area contributed by atoms with Crippen molar-refractivity contribution in [1.82, 2.24) is 5.32 Å². The van der Waals surface area contributed by atoms with E-state index in [1.807, 2.05) is 0 Å². The Hall–Kier alpha value is -1.59. The first-order valence-corrected chi connectivity index (χ1v) is 7.22. The fourth-order valence-corrected chi connectivity index (χ4v) is 2.32. The number of hydrogen-bond donors (Lipinski definition) is 1. The van der Waals surface area contributed by atoms with Crippen LogP contribution in [0.4, 0.5) is 0 Å². The van der Waals surface area contributed by atoms with Crippen molar-refractivity contribution in [1.29, 1.82) is 0 Å². The Labute approximate surface area is 119 Å². The number of carbonyl (C=O) groups is 3. The van der Waals surface area contributed by atoms with Crippen LogP contribution in [-0.2, 0) is 23.9 Å². The SMILES string of the molecule is CCOC(=O)C(C(=O)OCC)C1CCCCCC(=O)N1. The van der Waals surface area contributed by atoms with Crippen molar-refractivity contribution in [2.75, 3.05) is 13.2 Å². The molecule has 0 saturated carbocycles. The predicted molar refractivity (Wildman–Crippen MR) is 71.8 cm³/mol. The van der Waals surface area contributed by atoms with Crippen molar-refractivity contribution in [2.24, 2.45) is 5.92 Å². The van der Waals surface area contributed by atoms with Crippen molar-refractivity contribution in [3.05, 3.63) is 0 Å². The van der Waals surface area contributed by atoms with Crippen LogP contribution >= 0.6 is 0 Å². The molecular formula is C14H23NO5. The van der Waals surface area contributed by atoms with Gasteiger partial charge in [-0.1, -0.05) is 12.8 Å². The van der Waals surface area contributed by atoms with Gasteiger partial charge in [-0.15, -0.1) is 0 Å². The highest BCUT2D eigenvalue weighted by molar-refractivity contribution is 5.96. The molecule has 1 rings (SSSR count). The number of amides is 1. The molecule has 1 fully saturated rings. The zero-order valence-corrected chi connectivity index (χ0v) is 12.1. The smallest absolute Gasteiger partial charge is 0.322 e. The summed E-state index contributed by atoms with van der Waals surface area (Å²) in [6.07, 6.45) is 3.62. The molecule has 0 aliphatic carbocycles. The monoisotopic (exact) mass is 285 g/mol. The zero-order valence-electron chi connectivity index (χ0n) is 12.1. The van der Waals surface area contributed by atoms with E-state index in [-0.39, 0.29) is 19.1 Å². The number of hydrogen-bond acceptors (Lipinski definition) is 5. The summed E-state index contributed by atoms with van der Waals surface area (Å²) in [6, 6.07) is -0.541. The zero-order chi connectivity index (χ0) is 15.0. The topological polar surface area (TPSA) is 81.7 Å². The molecule has 1 saturated heterocycles. The summed E-state index contributed by atoms with van der Waals surface area (Å²) in [4.78, 5) is 35.7. The molecule has 0 radical (unpaired) electrons. The van der Waals surface area contributed by atoms with Gasteiger partial charge in [0.25, 0.3) is 0 Å². The van der Waals surface area contributed by atoms with E-state index < -0.39 is 23.9 Å². The lowest BCUT2D eigenvalue weighted by Gasteiger charge is -2.26. The summed E-state index contributed by atoms with van der Waals surface area (Å²) in [6.45, 7) is 3.73. The van der Waals surface area contributed by atoms with Crippen LogP contribution in [0, 0.1) is 5.92 Å². The van der Waals surface area contributed by atoms with E-state index in [1.165, 1.54) is 0 Å². The first kappa shape index (κ1) is 16.5. The van der Waals surface area contributed by atoms with Gasteiger partial charge < -0.3 is 14.8 Å². The minimum atomic E-state index is -1.07. The summed E-state index contributed by atoms with van der Waals surface area (Å²) in [5.41, 5.74) is 0. The third kappa shape index (κ3) is 4.83. The number of rotatable bonds is 5. The maximum absolute atomic E-state index is 12.0. The summed E-state index contributed by atoms with van der Waals surface area (Å²) in [7, 11) is 0. The summed E-state index contributed by atoms with van der Waals surface area (Å²) in [5, 5.41) is 2.76. The van der Waals surface area contributed by atoms with E-state index in [1.54, 1.807) is 13.8 Å². The lowest BCUT2D eigenvalue weighted by Crippen LogP contribution is -2.48. The molecule has 0 aromatic heterocycles. The molecule has 0 aromatic rings. The third-order valence-corrected chi connectivity index (χ3v) is 3.25. The highest BCUT2D eigenvalue weighted by atomic mass is 16.6. The molecule has 0 aromatic carbocycles. The van der Waals surface area contributed by atoms with Crippen LogP contribution in [0.25, 0.3) is 0 Å². The second kappa shape index (κ2) is 8.55. The van der Waals surface area contributed by atoms with Crippen LogP contribution in [0.5, 0.6) is 0 Å². The van der Waals surface area contributed by atoms with Gasteiger partial charge in [0.1, 0.15) is 0 Å². The summed E-state index contributed by atoms with van der Waals surface area (Å²) < 4.78 is 9.88. The molecule has 0 spiro atoms. The van der Waals surface area contributed by atoms with Gasteiger partial charge in [-0.25, -0.2) is 0 Å². The number of carbonyl (C=O) groups excluding carboxylic acids is 3. The Morgan fingerprint density at radius 3 is 2.30 bits per heavy atom. The molecule has 114 valence electrons. The summed E-state index contributed by atoms with van der Waals surface area (Å²) in [5.74, 6) is -2.46. The van der Waals surface area contributed by atoms with Gasteiger partial charge in [0.2, 0.25) is 5.91 Å². The Morgan fingerprint density at radius 2 is 1.75 bits per heavy atom. The van der Waals surface area contributed by atoms with Crippen molar-refractivity contribution in [3.63, 3.8) is 0 Å². The maximum atomic E-state index is 12.0. The average molecular weight is 285 g/mol. The standard InChI is InChI=1S/C14H23NO5/c1-3-19-13(17)12(14(18)20-4-2)10-8-6-5-7-9-11(16)15-10/h10,12H,3-9H2,1-2H3,(H,15,16). The van der Waals surface area contributed by atoms with Gasteiger partial charge in [0.15, 0.2) is 5.92 Å². The third-order valence-electron chi connectivity index (χ3n) is 3.25. The first-order chi connectivity index (χ1) is 9.60. The number of esters is 2. The van der Waals surface area contributed by atoms with E-state index >= 15 is 0 Å².